The highest BCUT2D eigenvalue weighted by molar-refractivity contribution is 5.99. The number of piperazine rings is 1. The molecule has 15 heavy (non-hydrogen) atoms. The zero-order chi connectivity index (χ0) is 11.2. The van der Waals surface area contributed by atoms with E-state index in [1.54, 1.807) is 18.7 Å². The molecule has 2 fully saturated rings. The van der Waals surface area contributed by atoms with Crippen LogP contribution in [0.2, 0.25) is 0 Å². The maximum Gasteiger partial charge on any atom is 0.248 e. The molecule has 1 saturated carbocycles. The second-order valence-electron chi connectivity index (χ2n) is 4.99. The molecule has 1 N–H and O–H groups in total. The molecule has 1 atom stereocenters. The zero-order valence-electron chi connectivity index (χ0n) is 9.54. The lowest BCUT2D eigenvalue weighted by Crippen LogP contribution is -2.68. The fourth-order valence-electron chi connectivity index (χ4n) is 2.28. The molecule has 0 aromatic rings. The van der Waals surface area contributed by atoms with Gasteiger partial charge in [-0.3, -0.25) is 9.59 Å². The minimum atomic E-state index is -0.738. The van der Waals surface area contributed by atoms with Gasteiger partial charge in [0.1, 0.15) is 11.6 Å². The summed E-state index contributed by atoms with van der Waals surface area (Å²) in [7, 11) is 0. The highest BCUT2D eigenvalue weighted by Crippen LogP contribution is 2.37. The number of nitrogens with one attached hydrogen (secondary N) is 1. The molecule has 0 radical (unpaired) electrons. The van der Waals surface area contributed by atoms with Gasteiger partial charge in [-0.15, -0.1) is 0 Å². The van der Waals surface area contributed by atoms with Gasteiger partial charge in [-0.25, -0.2) is 0 Å². The van der Waals surface area contributed by atoms with Crippen molar-refractivity contribution in [3.63, 3.8) is 0 Å². The van der Waals surface area contributed by atoms with Gasteiger partial charge in [-0.05, 0) is 39.5 Å². The molecule has 0 aromatic carbocycles. The van der Waals surface area contributed by atoms with Crippen LogP contribution in [0.4, 0.5) is 0 Å². The van der Waals surface area contributed by atoms with Gasteiger partial charge in [0.25, 0.3) is 0 Å². The first-order valence-corrected chi connectivity index (χ1v) is 5.60. The maximum atomic E-state index is 12.1. The van der Waals surface area contributed by atoms with Crippen LogP contribution >= 0.6 is 0 Å². The molecule has 2 aliphatic rings. The van der Waals surface area contributed by atoms with Crippen LogP contribution in [0.1, 0.15) is 33.6 Å². The number of rotatable bonds is 2. The molecule has 0 aromatic heterocycles. The van der Waals surface area contributed by atoms with Crippen molar-refractivity contribution in [2.45, 2.75) is 45.2 Å². The Morgan fingerprint density at radius 1 is 1.40 bits per heavy atom. The molecule has 0 bridgehead atoms. The third kappa shape index (κ3) is 1.62. The van der Waals surface area contributed by atoms with Crippen LogP contribution in [0, 0.1) is 5.92 Å². The van der Waals surface area contributed by atoms with Crippen LogP contribution < -0.4 is 5.32 Å². The van der Waals surface area contributed by atoms with Gasteiger partial charge in [0.15, 0.2) is 0 Å². The fourth-order valence-corrected chi connectivity index (χ4v) is 2.28. The Labute approximate surface area is 90.0 Å². The van der Waals surface area contributed by atoms with Gasteiger partial charge in [0.05, 0.1) is 0 Å². The van der Waals surface area contributed by atoms with Crippen molar-refractivity contribution < 1.29 is 9.59 Å². The first-order valence-electron chi connectivity index (χ1n) is 5.60. The summed E-state index contributed by atoms with van der Waals surface area (Å²) < 4.78 is 0. The van der Waals surface area contributed by atoms with Crippen molar-refractivity contribution in [2.75, 3.05) is 6.54 Å². The topological polar surface area (TPSA) is 49.4 Å². The second kappa shape index (κ2) is 3.22. The lowest BCUT2D eigenvalue weighted by Gasteiger charge is -2.42. The molecular formula is C11H18N2O2. The summed E-state index contributed by atoms with van der Waals surface area (Å²) in [6.45, 7) is 6.08. The van der Waals surface area contributed by atoms with Gasteiger partial charge in [-0.2, -0.15) is 0 Å². The van der Waals surface area contributed by atoms with Crippen LogP contribution in [0.25, 0.3) is 0 Å². The molecule has 2 amide bonds. The van der Waals surface area contributed by atoms with Gasteiger partial charge in [-0.1, -0.05) is 0 Å². The molecule has 1 aliphatic heterocycles. The van der Waals surface area contributed by atoms with E-state index >= 15 is 0 Å². The van der Waals surface area contributed by atoms with Crippen molar-refractivity contribution in [3.8, 4) is 0 Å². The van der Waals surface area contributed by atoms with Gasteiger partial charge >= 0.3 is 0 Å². The zero-order valence-corrected chi connectivity index (χ0v) is 9.54. The summed E-state index contributed by atoms with van der Waals surface area (Å²) in [5.74, 6) is 0.454. The second-order valence-corrected chi connectivity index (χ2v) is 4.99. The Bertz CT molecular complexity index is 308. The Kier molecular flexibility index (Phi) is 2.24. The van der Waals surface area contributed by atoms with E-state index < -0.39 is 5.54 Å². The minimum Gasteiger partial charge on any atom is -0.340 e. The lowest BCUT2D eigenvalue weighted by molar-refractivity contribution is -0.154. The van der Waals surface area contributed by atoms with Crippen molar-refractivity contribution in [1.82, 2.24) is 10.2 Å². The number of carbonyl (C=O) groups is 2. The Morgan fingerprint density at radius 2 is 2.00 bits per heavy atom. The van der Waals surface area contributed by atoms with Gasteiger partial charge < -0.3 is 10.2 Å². The number of carbonyl (C=O) groups excluding carboxylic acids is 2. The normalized spacial score (nSPS) is 30.3. The van der Waals surface area contributed by atoms with E-state index in [1.165, 1.54) is 0 Å². The monoisotopic (exact) mass is 210 g/mol. The number of nitrogens with zero attached hydrogens (tertiary/aromatic N) is 1. The Hall–Kier alpha value is -1.06. The standard InChI is InChI=1S/C11H18N2O2/c1-4-13-8(7-5-6-7)9(14)12-11(2,3)10(13)15/h7-8H,4-6H2,1-3H3,(H,12,14). The predicted octanol–water partition coefficient (Wildman–Crippen LogP) is 0.522. The summed E-state index contributed by atoms with van der Waals surface area (Å²) in [6, 6.07) is -0.212. The molecular weight excluding hydrogens is 192 g/mol. The van der Waals surface area contributed by atoms with Crippen LogP contribution in [0.3, 0.4) is 0 Å². The maximum absolute atomic E-state index is 12.1. The van der Waals surface area contributed by atoms with E-state index in [4.69, 9.17) is 0 Å². The molecule has 1 heterocycles. The highest BCUT2D eigenvalue weighted by Gasteiger charge is 2.50. The molecule has 1 unspecified atom stereocenters. The van der Waals surface area contributed by atoms with E-state index in [-0.39, 0.29) is 17.9 Å². The van der Waals surface area contributed by atoms with Crippen LogP contribution in [0.15, 0.2) is 0 Å². The Morgan fingerprint density at radius 3 is 2.47 bits per heavy atom. The number of likely N-dealkylation sites (N-methyl/N-ethyl adjacent to an activating group) is 1. The van der Waals surface area contributed by atoms with Crippen molar-refractivity contribution in [1.29, 1.82) is 0 Å². The van der Waals surface area contributed by atoms with Crippen molar-refractivity contribution >= 4 is 11.8 Å². The summed E-state index contributed by atoms with van der Waals surface area (Å²) in [6.07, 6.45) is 2.14. The van der Waals surface area contributed by atoms with E-state index in [1.807, 2.05) is 6.92 Å². The SMILES string of the molecule is CCN1C(=O)C(C)(C)NC(=O)C1C1CC1. The van der Waals surface area contributed by atoms with Gasteiger partial charge in [0, 0.05) is 6.54 Å². The average molecular weight is 210 g/mol. The van der Waals surface area contributed by atoms with E-state index in [9.17, 15) is 9.59 Å². The Balaban J connectivity index is 2.26. The number of amides is 2. The van der Waals surface area contributed by atoms with Crippen LogP contribution in [-0.4, -0.2) is 34.8 Å². The summed E-state index contributed by atoms with van der Waals surface area (Å²) in [4.78, 5) is 25.7. The smallest absolute Gasteiger partial charge is 0.248 e. The molecule has 0 spiro atoms. The average Bonchev–Trinajstić information content (AvgIpc) is 2.93. The predicted molar refractivity (Wildman–Crippen MR) is 56.1 cm³/mol. The summed E-state index contributed by atoms with van der Waals surface area (Å²) in [5, 5.41) is 2.81. The summed E-state index contributed by atoms with van der Waals surface area (Å²) in [5.41, 5.74) is -0.738. The largest absolute Gasteiger partial charge is 0.340 e. The molecule has 1 saturated heterocycles. The van der Waals surface area contributed by atoms with E-state index in [0.29, 0.717) is 12.5 Å². The highest BCUT2D eigenvalue weighted by atomic mass is 16.2. The van der Waals surface area contributed by atoms with Crippen molar-refractivity contribution in [2.24, 2.45) is 5.92 Å². The third-order valence-electron chi connectivity index (χ3n) is 3.24. The van der Waals surface area contributed by atoms with Crippen LogP contribution in [0.5, 0.6) is 0 Å². The van der Waals surface area contributed by atoms with Gasteiger partial charge in [0.2, 0.25) is 11.8 Å². The quantitative estimate of drug-likeness (QED) is 0.722. The molecule has 2 rings (SSSR count). The summed E-state index contributed by atoms with van der Waals surface area (Å²) >= 11 is 0. The van der Waals surface area contributed by atoms with E-state index in [0.717, 1.165) is 12.8 Å². The fraction of sp³-hybridized carbons (Fsp3) is 0.818. The van der Waals surface area contributed by atoms with Crippen LogP contribution in [-0.2, 0) is 9.59 Å². The third-order valence-corrected chi connectivity index (χ3v) is 3.24. The minimum absolute atomic E-state index is 0.0175. The number of hydrogen-bond donors (Lipinski definition) is 1. The first-order chi connectivity index (χ1) is 6.97. The van der Waals surface area contributed by atoms with E-state index in [2.05, 4.69) is 5.32 Å². The molecule has 4 nitrogen and oxygen atoms in total. The van der Waals surface area contributed by atoms with Crippen molar-refractivity contribution in [3.05, 3.63) is 0 Å². The molecule has 4 heteroatoms. The lowest BCUT2D eigenvalue weighted by atomic mass is 9.95. The molecule has 1 aliphatic carbocycles. The first kappa shape index (κ1) is 10.5. The number of hydrogen-bond acceptors (Lipinski definition) is 2. The molecule has 84 valence electrons.